The largest absolute Gasteiger partial charge is 0.399 e. The van der Waals surface area contributed by atoms with Gasteiger partial charge in [-0.25, -0.2) is 13.4 Å². The summed E-state index contributed by atoms with van der Waals surface area (Å²) >= 11 is 1.26. The van der Waals surface area contributed by atoms with Crippen LogP contribution in [0.2, 0.25) is 0 Å². The number of nitrogens with one attached hydrogen (secondary N) is 1. The summed E-state index contributed by atoms with van der Waals surface area (Å²) in [7, 11) is -3.33. The third-order valence-corrected chi connectivity index (χ3v) is 4.96. The van der Waals surface area contributed by atoms with Crippen molar-refractivity contribution in [1.29, 1.82) is 0 Å². The molecular formula is C11H13N3O3S2. The molecule has 0 unspecified atom stereocenters. The molecular weight excluding hydrogens is 286 g/mol. The molecule has 19 heavy (non-hydrogen) atoms. The van der Waals surface area contributed by atoms with E-state index in [1.165, 1.54) is 18.3 Å². The Morgan fingerprint density at radius 3 is 2.89 bits per heavy atom. The number of nitrogens with zero attached hydrogens (tertiary/aromatic N) is 1. The number of nitrogen functional groups attached to an aromatic ring is 1. The van der Waals surface area contributed by atoms with Crippen LogP contribution in [0, 0.1) is 0 Å². The van der Waals surface area contributed by atoms with Crippen molar-refractivity contribution in [3.8, 4) is 0 Å². The van der Waals surface area contributed by atoms with E-state index < -0.39 is 21.5 Å². The predicted octanol–water partition coefficient (Wildman–Crippen LogP) is 1.25. The van der Waals surface area contributed by atoms with Gasteiger partial charge in [0.2, 0.25) is 5.91 Å². The lowest BCUT2D eigenvalue weighted by Gasteiger charge is -2.00. The van der Waals surface area contributed by atoms with Crippen LogP contribution in [-0.2, 0) is 14.6 Å². The summed E-state index contributed by atoms with van der Waals surface area (Å²) in [5, 5.41) is 2.86. The first-order chi connectivity index (χ1) is 8.89. The minimum Gasteiger partial charge on any atom is -0.399 e. The van der Waals surface area contributed by atoms with Gasteiger partial charge in [-0.15, -0.1) is 0 Å². The summed E-state index contributed by atoms with van der Waals surface area (Å²) in [4.78, 5) is 15.8. The second-order valence-electron chi connectivity index (χ2n) is 3.97. The predicted molar refractivity (Wildman–Crippen MR) is 77.0 cm³/mol. The van der Waals surface area contributed by atoms with Crippen LogP contribution in [0.15, 0.2) is 18.2 Å². The van der Waals surface area contributed by atoms with E-state index in [1.54, 1.807) is 18.2 Å². The lowest BCUT2D eigenvalue weighted by atomic mass is 10.3. The number of anilines is 2. The van der Waals surface area contributed by atoms with Crippen LogP contribution in [0.5, 0.6) is 0 Å². The van der Waals surface area contributed by atoms with Crippen LogP contribution in [0.3, 0.4) is 0 Å². The van der Waals surface area contributed by atoms with Gasteiger partial charge in [-0.1, -0.05) is 18.3 Å². The maximum Gasteiger partial charge on any atom is 0.241 e. The number of sulfone groups is 1. The lowest BCUT2D eigenvalue weighted by Crippen LogP contribution is -2.23. The summed E-state index contributed by atoms with van der Waals surface area (Å²) < 4.78 is 23.5. The maximum absolute atomic E-state index is 11.6. The quantitative estimate of drug-likeness (QED) is 0.827. The van der Waals surface area contributed by atoms with Crippen molar-refractivity contribution < 1.29 is 13.2 Å². The lowest BCUT2D eigenvalue weighted by molar-refractivity contribution is -0.113. The molecule has 6 nitrogen and oxygen atoms in total. The van der Waals surface area contributed by atoms with Gasteiger partial charge in [0.15, 0.2) is 15.0 Å². The number of amides is 1. The molecule has 102 valence electrons. The van der Waals surface area contributed by atoms with E-state index in [2.05, 4.69) is 10.3 Å². The highest BCUT2D eigenvalue weighted by Crippen LogP contribution is 2.27. The Bertz CT molecular complexity index is 722. The highest BCUT2D eigenvalue weighted by atomic mass is 32.2. The third-order valence-electron chi connectivity index (χ3n) is 2.45. The molecule has 2 rings (SSSR count). The Labute approximate surface area is 114 Å². The fourth-order valence-corrected chi connectivity index (χ4v) is 3.06. The van der Waals surface area contributed by atoms with Gasteiger partial charge >= 0.3 is 0 Å². The Balaban J connectivity index is 2.15. The molecule has 0 spiro atoms. The van der Waals surface area contributed by atoms with Crippen molar-refractivity contribution in [3.05, 3.63) is 18.2 Å². The Morgan fingerprint density at radius 1 is 1.47 bits per heavy atom. The summed E-state index contributed by atoms with van der Waals surface area (Å²) in [6.07, 6.45) is 0. The molecule has 1 amide bonds. The number of benzene rings is 1. The van der Waals surface area contributed by atoms with E-state index in [0.717, 1.165) is 4.70 Å². The molecule has 8 heteroatoms. The van der Waals surface area contributed by atoms with Gasteiger partial charge in [0.05, 0.1) is 10.2 Å². The fraction of sp³-hybridized carbons (Fsp3) is 0.273. The monoisotopic (exact) mass is 299 g/mol. The smallest absolute Gasteiger partial charge is 0.241 e. The summed E-state index contributed by atoms with van der Waals surface area (Å²) in [5.74, 6) is -1.16. The normalized spacial score (nSPS) is 11.6. The van der Waals surface area contributed by atoms with Crippen molar-refractivity contribution in [2.75, 3.05) is 22.6 Å². The summed E-state index contributed by atoms with van der Waals surface area (Å²) in [6, 6.07) is 5.22. The van der Waals surface area contributed by atoms with Crippen LogP contribution in [0.1, 0.15) is 6.92 Å². The first-order valence-electron chi connectivity index (χ1n) is 5.56. The zero-order valence-corrected chi connectivity index (χ0v) is 11.8. The van der Waals surface area contributed by atoms with Crippen LogP contribution < -0.4 is 11.1 Å². The van der Waals surface area contributed by atoms with E-state index in [0.29, 0.717) is 16.3 Å². The number of hydrogen-bond donors (Lipinski definition) is 2. The van der Waals surface area contributed by atoms with E-state index >= 15 is 0 Å². The molecule has 2 aromatic rings. The maximum atomic E-state index is 11.6. The average molecular weight is 299 g/mol. The number of nitrogens with two attached hydrogens (primary N) is 1. The first-order valence-corrected chi connectivity index (χ1v) is 8.20. The SMILES string of the molecule is CCS(=O)(=O)CC(=O)Nc1nc2ccc(N)cc2s1. The second kappa shape index (κ2) is 5.14. The van der Waals surface area contributed by atoms with Crippen LogP contribution in [0.4, 0.5) is 10.8 Å². The molecule has 0 bridgehead atoms. The Morgan fingerprint density at radius 2 is 2.21 bits per heavy atom. The van der Waals surface area contributed by atoms with Gasteiger partial charge in [0, 0.05) is 11.4 Å². The molecule has 1 aromatic carbocycles. The van der Waals surface area contributed by atoms with Gasteiger partial charge in [0.1, 0.15) is 5.75 Å². The third kappa shape index (κ3) is 3.42. The van der Waals surface area contributed by atoms with Crippen LogP contribution >= 0.6 is 11.3 Å². The average Bonchev–Trinajstić information content (AvgIpc) is 2.69. The van der Waals surface area contributed by atoms with Crippen molar-refractivity contribution in [2.24, 2.45) is 0 Å². The molecule has 0 saturated carbocycles. The minimum absolute atomic E-state index is 0.0587. The van der Waals surface area contributed by atoms with Crippen molar-refractivity contribution >= 4 is 48.1 Å². The van der Waals surface area contributed by atoms with Crippen molar-refractivity contribution in [2.45, 2.75) is 6.92 Å². The highest BCUT2D eigenvalue weighted by molar-refractivity contribution is 7.92. The second-order valence-corrected chi connectivity index (χ2v) is 7.35. The highest BCUT2D eigenvalue weighted by Gasteiger charge is 2.15. The molecule has 0 fully saturated rings. The first kappa shape index (κ1) is 13.8. The van der Waals surface area contributed by atoms with Crippen LogP contribution in [0.25, 0.3) is 10.2 Å². The zero-order valence-electron chi connectivity index (χ0n) is 10.2. The Hall–Kier alpha value is -1.67. The molecule has 1 aromatic heterocycles. The minimum atomic E-state index is -3.33. The number of aromatic nitrogens is 1. The zero-order chi connectivity index (χ0) is 14.0. The van der Waals surface area contributed by atoms with E-state index in [9.17, 15) is 13.2 Å². The van der Waals surface area contributed by atoms with Crippen LogP contribution in [-0.4, -0.2) is 30.8 Å². The summed E-state index contributed by atoms with van der Waals surface area (Å²) in [6.45, 7) is 1.50. The van der Waals surface area contributed by atoms with Gasteiger partial charge in [-0.05, 0) is 18.2 Å². The van der Waals surface area contributed by atoms with Gasteiger partial charge < -0.3 is 11.1 Å². The molecule has 1 heterocycles. The number of carbonyl (C=O) groups excluding carboxylic acids is 1. The number of rotatable bonds is 4. The van der Waals surface area contributed by atoms with Crippen molar-refractivity contribution in [3.63, 3.8) is 0 Å². The molecule has 0 aliphatic rings. The van der Waals surface area contributed by atoms with Gasteiger partial charge in [-0.2, -0.15) is 0 Å². The number of fused-ring (bicyclic) bond motifs is 1. The number of thiazole rings is 1. The van der Waals surface area contributed by atoms with E-state index in [-0.39, 0.29) is 5.75 Å². The molecule has 0 atom stereocenters. The van der Waals surface area contributed by atoms with Crippen molar-refractivity contribution in [1.82, 2.24) is 4.98 Å². The van der Waals surface area contributed by atoms with Gasteiger partial charge in [0.25, 0.3) is 0 Å². The Kier molecular flexibility index (Phi) is 3.72. The molecule has 0 radical (unpaired) electrons. The fourth-order valence-electron chi connectivity index (χ4n) is 1.45. The number of carbonyl (C=O) groups is 1. The molecule has 0 aliphatic carbocycles. The number of hydrogen-bond acceptors (Lipinski definition) is 6. The van der Waals surface area contributed by atoms with E-state index in [1.807, 2.05) is 0 Å². The molecule has 0 saturated heterocycles. The summed E-state index contributed by atoms with van der Waals surface area (Å²) in [5.41, 5.74) is 6.98. The molecule has 0 aliphatic heterocycles. The molecule has 3 N–H and O–H groups in total. The van der Waals surface area contributed by atoms with Gasteiger partial charge in [-0.3, -0.25) is 4.79 Å². The topological polar surface area (TPSA) is 102 Å². The standard InChI is InChI=1S/C11H13N3O3S2/c1-2-19(16,17)6-10(15)14-11-13-8-4-3-7(12)5-9(8)18-11/h3-5H,2,6,12H2,1H3,(H,13,14,15). The van der Waals surface area contributed by atoms with E-state index in [4.69, 9.17) is 5.73 Å².